The van der Waals surface area contributed by atoms with Gasteiger partial charge in [0.05, 0.1) is 12.5 Å². The number of rotatable bonds is 12. The molecule has 0 heterocycles. The molecule has 3 atom stereocenters. The third-order valence-electron chi connectivity index (χ3n) is 4.03. The van der Waals surface area contributed by atoms with Gasteiger partial charge in [0.15, 0.2) is 0 Å². The van der Waals surface area contributed by atoms with Crippen LogP contribution in [-0.4, -0.2) is 63.1 Å². The number of amides is 3. The van der Waals surface area contributed by atoms with Crippen LogP contribution in [0.4, 0.5) is 0 Å². The van der Waals surface area contributed by atoms with Crippen molar-refractivity contribution in [2.24, 2.45) is 11.5 Å². The summed E-state index contributed by atoms with van der Waals surface area (Å²) in [5.41, 5.74) is 11.4. The summed E-state index contributed by atoms with van der Waals surface area (Å²) in [6.45, 7) is 0. The molecular weight excluding hydrogens is 400 g/mol. The van der Waals surface area contributed by atoms with Gasteiger partial charge in [-0.1, -0.05) is 12.1 Å². The van der Waals surface area contributed by atoms with E-state index in [-0.39, 0.29) is 25.0 Å². The SMILES string of the molecule is NC(=O)CCC(NC(=O)C(CC(=O)O)NC(=O)C(N)Cc1ccc(O)cc1)C(=O)O. The number of carboxylic acids is 2. The molecule has 0 saturated heterocycles. The summed E-state index contributed by atoms with van der Waals surface area (Å²) < 4.78 is 0. The minimum Gasteiger partial charge on any atom is -0.508 e. The maximum absolute atomic E-state index is 12.4. The number of benzene rings is 1. The molecule has 12 nitrogen and oxygen atoms in total. The van der Waals surface area contributed by atoms with Gasteiger partial charge in [-0.15, -0.1) is 0 Å². The lowest BCUT2D eigenvalue weighted by atomic mass is 10.0. The lowest BCUT2D eigenvalue weighted by Gasteiger charge is -2.22. The number of hydrogen-bond donors (Lipinski definition) is 7. The Morgan fingerprint density at radius 1 is 0.933 bits per heavy atom. The van der Waals surface area contributed by atoms with Gasteiger partial charge < -0.3 is 37.4 Å². The maximum atomic E-state index is 12.4. The number of phenols is 1. The molecular formula is C18H24N4O8. The summed E-state index contributed by atoms with van der Waals surface area (Å²) in [7, 11) is 0. The van der Waals surface area contributed by atoms with E-state index >= 15 is 0 Å². The molecule has 0 aliphatic rings. The van der Waals surface area contributed by atoms with E-state index in [2.05, 4.69) is 10.6 Å². The smallest absolute Gasteiger partial charge is 0.326 e. The first kappa shape index (κ1) is 24.4. The van der Waals surface area contributed by atoms with Gasteiger partial charge in [0.1, 0.15) is 17.8 Å². The Morgan fingerprint density at radius 3 is 2.00 bits per heavy atom. The summed E-state index contributed by atoms with van der Waals surface area (Å²) in [5.74, 6) is -5.49. The highest BCUT2D eigenvalue weighted by Gasteiger charge is 2.29. The summed E-state index contributed by atoms with van der Waals surface area (Å²) >= 11 is 0. The first-order chi connectivity index (χ1) is 14.0. The molecule has 9 N–H and O–H groups in total. The zero-order valence-electron chi connectivity index (χ0n) is 15.9. The molecule has 0 aliphatic carbocycles. The van der Waals surface area contributed by atoms with E-state index in [4.69, 9.17) is 21.7 Å². The summed E-state index contributed by atoms with van der Waals surface area (Å²) in [6.07, 6.45) is -1.38. The van der Waals surface area contributed by atoms with Gasteiger partial charge in [-0.25, -0.2) is 4.79 Å². The van der Waals surface area contributed by atoms with Crippen LogP contribution in [0.1, 0.15) is 24.8 Å². The Labute approximate surface area is 171 Å². The molecule has 30 heavy (non-hydrogen) atoms. The number of aromatic hydroxyl groups is 1. The molecule has 3 amide bonds. The van der Waals surface area contributed by atoms with Gasteiger partial charge in [-0.05, 0) is 30.5 Å². The Balaban J connectivity index is 2.80. The second kappa shape index (κ2) is 11.4. The van der Waals surface area contributed by atoms with Crippen LogP contribution in [0.25, 0.3) is 0 Å². The van der Waals surface area contributed by atoms with Crippen LogP contribution in [0, 0.1) is 0 Å². The highest BCUT2D eigenvalue weighted by atomic mass is 16.4. The monoisotopic (exact) mass is 424 g/mol. The maximum Gasteiger partial charge on any atom is 0.326 e. The average molecular weight is 424 g/mol. The molecule has 164 valence electrons. The van der Waals surface area contributed by atoms with Crippen molar-refractivity contribution >= 4 is 29.7 Å². The van der Waals surface area contributed by atoms with E-state index in [9.17, 15) is 29.1 Å². The Hall–Kier alpha value is -3.67. The Kier molecular flexibility index (Phi) is 9.23. The molecule has 0 fully saturated rings. The lowest BCUT2D eigenvalue weighted by molar-refractivity contribution is -0.143. The van der Waals surface area contributed by atoms with Crippen LogP contribution in [-0.2, 0) is 30.4 Å². The van der Waals surface area contributed by atoms with Crippen molar-refractivity contribution in [1.82, 2.24) is 10.6 Å². The van der Waals surface area contributed by atoms with Crippen LogP contribution in [0.5, 0.6) is 5.75 Å². The Morgan fingerprint density at radius 2 is 1.50 bits per heavy atom. The van der Waals surface area contributed by atoms with Gasteiger partial charge in [0, 0.05) is 6.42 Å². The largest absolute Gasteiger partial charge is 0.508 e. The lowest BCUT2D eigenvalue weighted by Crippen LogP contribution is -2.55. The molecule has 0 spiro atoms. The summed E-state index contributed by atoms with van der Waals surface area (Å²) in [6, 6.07) is 1.67. The number of carbonyl (C=O) groups excluding carboxylic acids is 3. The Bertz CT molecular complexity index is 796. The van der Waals surface area contributed by atoms with Gasteiger partial charge in [0.2, 0.25) is 17.7 Å². The number of phenolic OH excluding ortho intramolecular Hbond substituents is 1. The molecule has 0 aromatic heterocycles. The molecule has 0 aliphatic heterocycles. The van der Waals surface area contributed by atoms with Crippen molar-refractivity contribution in [3.63, 3.8) is 0 Å². The second-order valence-electron chi connectivity index (χ2n) is 6.54. The van der Waals surface area contributed by atoms with Crippen LogP contribution < -0.4 is 22.1 Å². The fraction of sp³-hybridized carbons (Fsp3) is 0.389. The summed E-state index contributed by atoms with van der Waals surface area (Å²) in [4.78, 5) is 57.8. The van der Waals surface area contributed by atoms with Crippen molar-refractivity contribution in [3.8, 4) is 5.75 Å². The van der Waals surface area contributed by atoms with E-state index in [1.165, 1.54) is 12.1 Å². The molecule has 1 rings (SSSR count). The standard InChI is InChI=1S/C18H24N4O8/c19-11(7-9-1-3-10(23)4-2-9)16(27)22-13(8-15(25)26)17(28)21-12(18(29)30)5-6-14(20)24/h1-4,11-13,23H,5-8,19H2,(H2,20,24)(H,21,28)(H,22,27)(H,25,26)(H,29,30). The van der Waals surface area contributed by atoms with Gasteiger partial charge in [0.25, 0.3) is 0 Å². The zero-order valence-corrected chi connectivity index (χ0v) is 15.9. The first-order valence-electron chi connectivity index (χ1n) is 8.86. The minimum atomic E-state index is -1.59. The highest BCUT2D eigenvalue weighted by Crippen LogP contribution is 2.11. The number of aliphatic carboxylic acids is 2. The molecule has 3 unspecified atom stereocenters. The molecule has 1 aromatic carbocycles. The molecule has 0 bridgehead atoms. The van der Waals surface area contributed by atoms with Gasteiger partial charge in [-0.3, -0.25) is 19.2 Å². The van der Waals surface area contributed by atoms with Crippen molar-refractivity contribution in [1.29, 1.82) is 0 Å². The fourth-order valence-corrected chi connectivity index (χ4v) is 2.46. The van der Waals surface area contributed by atoms with E-state index in [0.29, 0.717) is 5.56 Å². The third kappa shape index (κ3) is 8.56. The number of nitrogens with one attached hydrogen (secondary N) is 2. The number of primary amides is 1. The van der Waals surface area contributed by atoms with E-state index < -0.39 is 54.2 Å². The second-order valence-corrected chi connectivity index (χ2v) is 6.54. The minimum absolute atomic E-state index is 0.0271. The molecule has 0 saturated carbocycles. The van der Waals surface area contributed by atoms with Crippen molar-refractivity contribution in [2.75, 3.05) is 0 Å². The number of carbonyl (C=O) groups is 5. The van der Waals surface area contributed by atoms with E-state index in [1.54, 1.807) is 12.1 Å². The first-order valence-corrected chi connectivity index (χ1v) is 8.86. The topological polar surface area (TPSA) is 222 Å². The van der Waals surface area contributed by atoms with E-state index in [1.807, 2.05) is 0 Å². The van der Waals surface area contributed by atoms with Crippen molar-refractivity contribution in [2.45, 2.75) is 43.8 Å². The number of carboxylic acid groups (broad SMARTS) is 2. The zero-order chi connectivity index (χ0) is 22.8. The summed E-state index contributed by atoms with van der Waals surface area (Å²) in [5, 5.41) is 31.7. The van der Waals surface area contributed by atoms with Gasteiger partial charge in [-0.2, -0.15) is 0 Å². The van der Waals surface area contributed by atoms with Gasteiger partial charge >= 0.3 is 11.9 Å². The molecule has 0 radical (unpaired) electrons. The van der Waals surface area contributed by atoms with Crippen LogP contribution in [0.2, 0.25) is 0 Å². The average Bonchev–Trinajstić information content (AvgIpc) is 2.65. The number of nitrogens with two attached hydrogens (primary N) is 2. The predicted octanol–water partition coefficient (Wildman–Crippen LogP) is -1.94. The van der Waals surface area contributed by atoms with Crippen LogP contribution in [0.3, 0.4) is 0 Å². The number of hydrogen-bond acceptors (Lipinski definition) is 7. The predicted molar refractivity (Wildman–Crippen MR) is 102 cm³/mol. The quantitative estimate of drug-likeness (QED) is 0.198. The fourth-order valence-electron chi connectivity index (χ4n) is 2.46. The van der Waals surface area contributed by atoms with Crippen LogP contribution >= 0.6 is 0 Å². The highest BCUT2D eigenvalue weighted by molar-refractivity contribution is 5.94. The normalized spacial score (nSPS) is 13.5. The van der Waals surface area contributed by atoms with E-state index in [0.717, 1.165) is 0 Å². The molecule has 12 heteroatoms. The third-order valence-corrected chi connectivity index (χ3v) is 4.03. The van der Waals surface area contributed by atoms with Crippen molar-refractivity contribution < 1.29 is 39.3 Å². The van der Waals surface area contributed by atoms with Crippen LogP contribution in [0.15, 0.2) is 24.3 Å². The van der Waals surface area contributed by atoms with Crippen molar-refractivity contribution in [3.05, 3.63) is 29.8 Å². The molecule has 1 aromatic rings.